The van der Waals surface area contributed by atoms with Crippen LogP contribution in [0.15, 0.2) is 23.4 Å². The molecule has 0 aromatic rings. The van der Waals surface area contributed by atoms with E-state index in [0.717, 1.165) is 37.1 Å². The number of allylic oxidation sites excluding steroid dienone is 3. The third-order valence-electron chi connectivity index (χ3n) is 4.44. The second kappa shape index (κ2) is 11.7. The van der Waals surface area contributed by atoms with Gasteiger partial charge >= 0.3 is 5.97 Å². The lowest BCUT2D eigenvalue weighted by Crippen LogP contribution is -2.25. The van der Waals surface area contributed by atoms with Crippen LogP contribution in [0.25, 0.3) is 0 Å². The van der Waals surface area contributed by atoms with Gasteiger partial charge in [-0.15, -0.1) is 0 Å². The predicted octanol–water partition coefficient (Wildman–Crippen LogP) is 4.49. The number of ether oxygens (including phenoxy) is 1. The van der Waals surface area contributed by atoms with E-state index in [0.29, 0.717) is 12.5 Å². The predicted molar refractivity (Wildman–Crippen MR) is 97.1 cm³/mol. The molecule has 1 aliphatic carbocycles. The Balaban J connectivity index is 2.63. The maximum atomic E-state index is 12.0. The Hall–Kier alpha value is -1.76. The van der Waals surface area contributed by atoms with Crippen LogP contribution < -0.4 is 5.32 Å². The van der Waals surface area contributed by atoms with Gasteiger partial charge in [0.25, 0.3) is 0 Å². The third kappa shape index (κ3) is 6.78. The van der Waals surface area contributed by atoms with Gasteiger partial charge in [-0.3, -0.25) is 4.79 Å². The molecule has 2 atom stereocenters. The van der Waals surface area contributed by atoms with Gasteiger partial charge in [0, 0.05) is 12.2 Å². The molecule has 0 radical (unpaired) electrons. The lowest BCUT2D eigenvalue weighted by atomic mass is 9.93. The highest BCUT2D eigenvalue weighted by Gasteiger charge is 2.24. The van der Waals surface area contributed by atoms with Crippen LogP contribution in [0.4, 0.5) is 0 Å². The first-order valence-corrected chi connectivity index (χ1v) is 9.36. The minimum atomic E-state index is -0.810. The van der Waals surface area contributed by atoms with Crippen molar-refractivity contribution in [3.05, 3.63) is 23.4 Å². The van der Waals surface area contributed by atoms with E-state index in [2.05, 4.69) is 25.2 Å². The number of hydrogen-bond donors (Lipinski definition) is 1. The van der Waals surface area contributed by atoms with Crippen molar-refractivity contribution in [3.63, 3.8) is 0 Å². The van der Waals surface area contributed by atoms with E-state index < -0.39 is 11.9 Å². The van der Waals surface area contributed by atoms with Crippen LogP contribution >= 0.6 is 0 Å². The second-order valence-electron chi connectivity index (χ2n) is 6.44. The summed E-state index contributed by atoms with van der Waals surface area (Å²) in [5, 5.41) is 12.9. The molecule has 0 aromatic carbocycles. The first kappa shape index (κ1) is 20.3. The van der Waals surface area contributed by atoms with Crippen molar-refractivity contribution in [2.45, 2.75) is 65.7 Å². The highest BCUT2D eigenvalue weighted by atomic mass is 16.5. The number of hydrogen-bond acceptors (Lipinski definition) is 4. The first-order valence-electron chi connectivity index (χ1n) is 9.36. The molecular weight excluding hydrogens is 300 g/mol. The van der Waals surface area contributed by atoms with Crippen molar-refractivity contribution >= 4 is 5.97 Å². The molecular formula is C20H32N2O2. The SMILES string of the molecule is CCCCC(CC)CNC1=CC(C(C#N)C(=O)OCCC)=CCC1. The Morgan fingerprint density at radius 3 is 2.79 bits per heavy atom. The zero-order valence-corrected chi connectivity index (χ0v) is 15.4. The van der Waals surface area contributed by atoms with Gasteiger partial charge in [-0.2, -0.15) is 5.26 Å². The highest BCUT2D eigenvalue weighted by molar-refractivity contribution is 5.79. The quantitative estimate of drug-likeness (QED) is 0.566. The maximum Gasteiger partial charge on any atom is 0.327 e. The minimum absolute atomic E-state index is 0.370. The molecule has 2 unspecified atom stereocenters. The molecule has 0 bridgehead atoms. The van der Waals surface area contributed by atoms with Crippen LogP contribution in [0.5, 0.6) is 0 Å². The van der Waals surface area contributed by atoms with E-state index in [9.17, 15) is 10.1 Å². The fourth-order valence-corrected chi connectivity index (χ4v) is 2.84. The van der Waals surface area contributed by atoms with Crippen molar-refractivity contribution in [1.82, 2.24) is 5.32 Å². The molecule has 1 rings (SSSR count). The number of carbonyl (C=O) groups excluding carboxylic acids is 1. The lowest BCUT2D eigenvalue weighted by molar-refractivity contribution is -0.145. The number of nitriles is 1. The van der Waals surface area contributed by atoms with Crippen molar-refractivity contribution < 1.29 is 9.53 Å². The van der Waals surface area contributed by atoms with Gasteiger partial charge in [0.1, 0.15) is 0 Å². The van der Waals surface area contributed by atoms with Crippen LogP contribution in [0, 0.1) is 23.2 Å². The summed E-state index contributed by atoms with van der Waals surface area (Å²) < 4.78 is 5.14. The molecule has 4 heteroatoms. The summed E-state index contributed by atoms with van der Waals surface area (Å²) in [5.41, 5.74) is 1.90. The van der Waals surface area contributed by atoms with Crippen LogP contribution in [0.3, 0.4) is 0 Å². The lowest BCUT2D eigenvalue weighted by Gasteiger charge is -2.21. The van der Waals surface area contributed by atoms with Gasteiger partial charge in [0.05, 0.1) is 12.7 Å². The zero-order valence-electron chi connectivity index (χ0n) is 15.4. The standard InChI is InChI=1S/C20H32N2O2/c1-4-7-9-16(6-3)15-22-18-11-8-10-17(13-18)19(14-21)20(23)24-12-5-2/h10,13,16,19,22H,4-9,11-12,15H2,1-3H3. The minimum Gasteiger partial charge on any atom is -0.464 e. The van der Waals surface area contributed by atoms with E-state index in [-0.39, 0.29) is 0 Å². The van der Waals surface area contributed by atoms with E-state index in [1.165, 1.54) is 25.7 Å². The van der Waals surface area contributed by atoms with Crippen LogP contribution in [-0.4, -0.2) is 19.1 Å². The molecule has 0 aromatic heterocycles. The number of carbonyl (C=O) groups is 1. The van der Waals surface area contributed by atoms with E-state index in [1.54, 1.807) is 0 Å². The van der Waals surface area contributed by atoms with Crippen LogP contribution in [0.1, 0.15) is 65.7 Å². The number of rotatable bonds is 11. The summed E-state index contributed by atoms with van der Waals surface area (Å²) in [4.78, 5) is 12.0. The molecule has 0 spiro atoms. The Morgan fingerprint density at radius 2 is 2.17 bits per heavy atom. The van der Waals surface area contributed by atoms with E-state index in [1.807, 2.05) is 19.1 Å². The average molecular weight is 332 g/mol. The molecule has 4 nitrogen and oxygen atoms in total. The highest BCUT2D eigenvalue weighted by Crippen LogP contribution is 2.23. The molecule has 0 saturated heterocycles. The van der Waals surface area contributed by atoms with Crippen molar-refractivity contribution in [2.24, 2.45) is 11.8 Å². The molecule has 0 aliphatic heterocycles. The first-order chi connectivity index (χ1) is 11.7. The second-order valence-corrected chi connectivity index (χ2v) is 6.44. The van der Waals surface area contributed by atoms with Gasteiger partial charge in [0.2, 0.25) is 0 Å². The Kier molecular flexibility index (Phi) is 9.91. The van der Waals surface area contributed by atoms with E-state index >= 15 is 0 Å². The smallest absolute Gasteiger partial charge is 0.327 e. The molecule has 0 fully saturated rings. The van der Waals surface area contributed by atoms with Crippen LogP contribution in [-0.2, 0) is 9.53 Å². The van der Waals surface area contributed by atoms with Gasteiger partial charge in [-0.05, 0) is 43.3 Å². The molecule has 0 saturated carbocycles. The number of nitrogens with one attached hydrogen (secondary N) is 1. The fourth-order valence-electron chi connectivity index (χ4n) is 2.84. The Morgan fingerprint density at radius 1 is 1.38 bits per heavy atom. The summed E-state index contributed by atoms with van der Waals surface area (Å²) >= 11 is 0. The Bertz CT molecular complexity index is 488. The molecule has 24 heavy (non-hydrogen) atoms. The van der Waals surface area contributed by atoms with E-state index in [4.69, 9.17) is 4.74 Å². The normalized spacial score (nSPS) is 16.4. The summed E-state index contributed by atoms with van der Waals surface area (Å²) in [6.45, 7) is 7.74. The molecule has 134 valence electrons. The van der Waals surface area contributed by atoms with Gasteiger partial charge in [0.15, 0.2) is 5.92 Å². The number of nitrogens with zero attached hydrogens (tertiary/aromatic N) is 1. The third-order valence-corrected chi connectivity index (χ3v) is 4.44. The van der Waals surface area contributed by atoms with Crippen molar-refractivity contribution in [1.29, 1.82) is 5.26 Å². The maximum absolute atomic E-state index is 12.0. The summed E-state index contributed by atoms with van der Waals surface area (Å²) in [5.74, 6) is -0.560. The number of esters is 1. The number of unbranched alkanes of at least 4 members (excludes halogenated alkanes) is 1. The average Bonchev–Trinajstić information content (AvgIpc) is 2.61. The molecule has 0 amide bonds. The van der Waals surface area contributed by atoms with Crippen molar-refractivity contribution in [2.75, 3.05) is 13.2 Å². The Labute approximate surface area is 147 Å². The van der Waals surface area contributed by atoms with Gasteiger partial charge in [-0.25, -0.2) is 0 Å². The molecule has 0 heterocycles. The van der Waals surface area contributed by atoms with Crippen molar-refractivity contribution in [3.8, 4) is 6.07 Å². The summed E-state index contributed by atoms with van der Waals surface area (Å²) in [6, 6.07) is 2.09. The monoisotopic (exact) mass is 332 g/mol. The fraction of sp³-hybridized carbons (Fsp3) is 0.700. The topological polar surface area (TPSA) is 62.1 Å². The summed E-state index contributed by atoms with van der Waals surface area (Å²) in [7, 11) is 0. The largest absolute Gasteiger partial charge is 0.464 e. The van der Waals surface area contributed by atoms with Gasteiger partial charge in [-0.1, -0.05) is 46.1 Å². The van der Waals surface area contributed by atoms with Crippen LogP contribution in [0.2, 0.25) is 0 Å². The molecule has 1 aliphatic rings. The summed E-state index contributed by atoms with van der Waals surface area (Å²) in [6.07, 6.45) is 11.4. The molecule has 1 N–H and O–H groups in total. The zero-order chi connectivity index (χ0) is 17.8. The van der Waals surface area contributed by atoms with Gasteiger partial charge < -0.3 is 10.1 Å².